The summed E-state index contributed by atoms with van der Waals surface area (Å²) in [5, 5.41) is 15.7. The second-order valence-electron chi connectivity index (χ2n) is 7.42. The highest BCUT2D eigenvalue weighted by atomic mass is 16.5. The average molecular weight is 374 g/mol. The van der Waals surface area contributed by atoms with Crippen LogP contribution in [-0.2, 0) is 11.3 Å². The number of benzene rings is 3. The van der Waals surface area contributed by atoms with E-state index in [1.165, 1.54) is 5.56 Å². The Bertz CT molecular complexity index is 1040. The third-order valence-electron chi connectivity index (χ3n) is 5.67. The van der Waals surface area contributed by atoms with E-state index in [1.807, 2.05) is 42.5 Å². The Morgan fingerprint density at radius 1 is 1.04 bits per heavy atom. The van der Waals surface area contributed by atoms with Crippen LogP contribution in [0.2, 0.25) is 0 Å². The maximum Gasteiger partial charge on any atom is 0.256 e. The van der Waals surface area contributed by atoms with E-state index in [0.717, 1.165) is 60.4 Å². The smallest absolute Gasteiger partial charge is 0.256 e. The highest BCUT2D eigenvalue weighted by Gasteiger charge is 2.24. The van der Waals surface area contributed by atoms with Crippen LogP contribution in [-0.4, -0.2) is 42.2 Å². The molecule has 1 saturated heterocycles. The summed E-state index contributed by atoms with van der Waals surface area (Å²) in [7, 11) is 0. The van der Waals surface area contributed by atoms with Gasteiger partial charge in [-0.2, -0.15) is 0 Å². The first-order chi connectivity index (χ1) is 13.7. The maximum atomic E-state index is 12.1. The molecule has 0 aliphatic carbocycles. The fraction of sp³-hybridized carbons (Fsp3) is 0.261. The van der Waals surface area contributed by atoms with Gasteiger partial charge in [-0.3, -0.25) is 9.69 Å². The topological polar surface area (TPSA) is 61.8 Å². The molecule has 142 valence electrons. The molecule has 1 unspecified atom stereocenters. The van der Waals surface area contributed by atoms with E-state index in [0.29, 0.717) is 5.56 Å². The summed E-state index contributed by atoms with van der Waals surface area (Å²) in [5.74, 6) is -0.0836. The molecule has 2 heterocycles. The van der Waals surface area contributed by atoms with Gasteiger partial charge in [0.2, 0.25) is 0 Å². The second kappa shape index (κ2) is 7.02. The van der Waals surface area contributed by atoms with Crippen molar-refractivity contribution in [3.8, 4) is 0 Å². The molecule has 5 nitrogen and oxygen atoms in total. The van der Waals surface area contributed by atoms with Crippen LogP contribution in [0.4, 0.5) is 5.69 Å². The van der Waals surface area contributed by atoms with Gasteiger partial charge in [0.25, 0.3) is 5.91 Å². The van der Waals surface area contributed by atoms with Gasteiger partial charge in [0.15, 0.2) is 0 Å². The number of aliphatic hydroxyl groups excluding tert-OH is 1. The number of hydrogen-bond acceptors (Lipinski definition) is 4. The van der Waals surface area contributed by atoms with E-state index in [-0.39, 0.29) is 5.91 Å². The molecule has 2 N–H and O–H groups in total. The molecule has 1 fully saturated rings. The zero-order valence-electron chi connectivity index (χ0n) is 15.5. The lowest BCUT2D eigenvalue weighted by Crippen LogP contribution is -2.35. The summed E-state index contributed by atoms with van der Waals surface area (Å²) >= 11 is 0. The lowest BCUT2D eigenvalue weighted by atomic mass is 9.93. The van der Waals surface area contributed by atoms with Gasteiger partial charge in [0, 0.05) is 36.3 Å². The van der Waals surface area contributed by atoms with Gasteiger partial charge >= 0.3 is 0 Å². The minimum Gasteiger partial charge on any atom is -0.384 e. The van der Waals surface area contributed by atoms with Gasteiger partial charge in [-0.1, -0.05) is 42.5 Å². The normalized spacial score (nSPS) is 17.7. The van der Waals surface area contributed by atoms with Gasteiger partial charge in [-0.15, -0.1) is 0 Å². The summed E-state index contributed by atoms with van der Waals surface area (Å²) in [4.78, 5) is 14.5. The molecule has 5 rings (SSSR count). The highest BCUT2D eigenvalue weighted by Crippen LogP contribution is 2.38. The van der Waals surface area contributed by atoms with Crippen molar-refractivity contribution in [2.24, 2.45) is 0 Å². The van der Waals surface area contributed by atoms with Crippen molar-refractivity contribution in [1.82, 2.24) is 4.90 Å². The molecule has 2 aliphatic rings. The van der Waals surface area contributed by atoms with Crippen LogP contribution in [0.5, 0.6) is 0 Å². The lowest BCUT2D eigenvalue weighted by molar-refractivity contribution is 0.0342. The van der Waals surface area contributed by atoms with E-state index < -0.39 is 6.10 Å². The van der Waals surface area contributed by atoms with Crippen molar-refractivity contribution in [2.75, 3.05) is 31.6 Å². The Labute approximate surface area is 163 Å². The minimum atomic E-state index is -0.738. The van der Waals surface area contributed by atoms with Crippen molar-refractivity contribution < 1.29 is 14.6 Å². The van der Waals surface area contributed by atoms with E-state index >= 15 is 0 Å². The molecule has 0 aromatic heterocycles. The number of anilines is 1. The van der Waals surface area contributed by atoms with E-state index in [2.05, 4.69) is 22.3 Å². The third kappa shape index (κ3) is 2.98. The first-order valence-electron chi connectivity index (χ1n) is 9.65. The Hall–Kier alpha value is -2.73. The molecule has 0 radical (unpaired) electrons. The Balaban J connectivity index is 1.43. The van der Waals surface area contributed by atoms with Crippen LogP contribution in [0.1, 0.15) is 33.2 Å². The predicted molar refractivity (Wildman–Crippen MR) is 109 cm³/mol. The number of morpholine rings is 1. The fourth-order valence-corrected chi connectivity index (χ4v) is 4.15. The van der Waals surface area contributed by atoms with E-state index in [1.54, 1.807) is 0 Å². The Kier molecular flexibility index (Phi) is 4.36. The number of nitrogens with one attached hydrogen (secondary N) is 1. The summed E-state index contributed by atoms with van der Waals surface area (Å²) in [6, 6.07) is 17.6. The molecule has 3 aromatic carbocycles. The predicted octanol–water partition coefficient (Wildman–Crippen LogP) is 3.32. The van der Waals surface area contributed by atoms with E-state index in [9.17, 15) is 9.90 Å². The largest absolute Gasteiger partial charge is 0.384 e. The van der Waals surface area contributed by atoms with Crippen LogP contribution in [0.25, 0.3) is 10.8 Å². The number of amides is 1. The van der Waals surface area contributed by atoms with Crippen molar-refractivity contribution in [3.05, 3.63) is 76.9 Å². The van der Waals surface area contributed by atoms with Crippen molar-refractivity contribution in [3.63, 3.8) is 0 Å². The van der Waals surface area contributed by atoms with E-state index in [4.69, 9.17) is 4.74 Å². The summed E-state index contributed by atoms with van der Waals surface area (Å²) < 4.78 is 5.40. The third-order valence-corrected chi connectivity index (χ3v) is 5.67. The molecular weight excluding hydrogens is 352 g/mol. The number of rotatable bonds is 4. The van der Waals surface area contributed by atoms with Gasteiger partial charge in [0.1, 0.15) is 6.10 Å². The second-order valence-corrected chi connectivity index (χ2v) is 7.42. The number of ether oxygens (including phenoxy) is 1. The van der Waals surface area contributed by atoms with Crippen LogP contribution in [0.3, 0.4) is 0 Å². The van der Waals surface area contributed by atoms with Crippen molar-refractivity contribution in [1.29, 1.82) is 0 Å². The summed E-state index contributed by atoms with van der Waals surface area (Å²) in [6.07, 6.45) is -0.738. The number of carbonyl (C=O) groups excluding carboxylic acids is 1. The van der Waals surface area contributed by atoms with Gasteiger partial charge < -0.3 is 15.2 Å². The Morgan fingerprint density at radius 2 is 1.82 bits per heavy atom. The summed E-state index contributed by atoms with van der Waals surface area (Å²) in [6.45, 7) is 4.39. The van der Waals surface area contributed by atoms with Gasteiger partial charge in [0.05, 0.1) is 13.2 Å². The zero-order chi connectivity index (χ0) is 19.1. The first-order valence-corrected chi connectivity index (χ1v) is 9.65. The number of hydrogen-bond donors (Lipinski definition) is 2. The van der Waals surface area contributed by atoms with Gasteiger partial charge in [-0.25, -0.2) is 0 Å². The van der Waals surface area contributed by atoms with Crippen LogP contribution in [0, 0.1) is 0 Å². The lowest BCUT2D eigenvalue weighted by Gasteiger charge is -2.26. The molecule has 2 aliphatic heterocycles. The highest BCUT2D eigenvalue weighted by molar-refractivity contribution is 6.24. The standard InChI is InChI=1S/C23H22N2O3/c26-22(16-6-4-15(5-7-16)14-25-10-12-28-13-11-25)18-8-9-20-21-17(18)2-1-3-19(21)23(27)24-20/h1-9,22,26H,10-14H2,(H,24,27). The quantitative estimate of drug-likeness (QED) is 0.735. The summed E-state index contributed by atoms with van der Waals surface area (Å²) in [5.41, 5.74) is 4.38. The molecule has 1 amide bonds. The molecule has 0 bridgehead atoms. The van der Waals surface area contributed by atoms with Gasteiger partial charge in [-0.05, 0) is 34.2 Å². The maximum absolute atomic E-state index is 12.1. The fourth-order valence-electron chi connectivity index (χ4n) is 4.15. The SMILES string of the molecule is O=C1Nc2ccc(C(O)c3ccc(CN4CCOCC4)cc3)c3cccc1c23. The molecule has 0 spiro atoms. The molecule has 0 saturated carbocycles. The molecule has 28 heavy (non-hydrogen) atoms. The monoisotopic (exact) mass is 374 g/mol. The number of carbonyl (C=O) groups is 1. The number of nitrogens with zero attached hydrogens (tertiary/aromatic N) is 1. The molecule has 5 heteroatoms. The first kappa shape index (κ1) is 17.4. The molecular formula is C23H22N2O3. The zero-order valence-corrected chi connectivity index (χ0v) is 15.5. The minimum absolute atomic E-state index is 0.0836. The van der Waals surface area contributed by atoms with Crippen molar-refractivity contribution >= 4 is 22.4 Å². The van der Waals surface area contributed by atoms with Crippen molar-refractivity contribution in [2.45, 2.75) is 12.6 Å². The van der Waals surface area contributed by atoms with Crippen LogP contribution < -0.4 is 5.32 Å². The molecule has 1 atom stereocenters. The Morgan fingerprint density at radius 3 is 2.61 bits per heavy atom. The average Bonchev–Trinajstić information content (AvgIpc) is 3.07. The number of aliphatic hydroxyl groups is 1. The molecule has 3 aromatic rings. The van der Waals surface area contributed by atoms with Crippen LogP contribution >= 0.6 is 0 Å². The van der Waals surface area contributed by atoms with Crippen LogP contribution in [0.15, 0.2) is 54.6 Å².